The summed E-state index contributed by atoms with van der Waals surface area (Å²) in [6.45, 7) is 12.9. The molecule has 2 atom stereocenters. The summed E-state index contributed by atoms with van der Waals surface area (Å²) in [7, 11) is 0. The van der Waals surface area contributed by atoms with Gasteiger partial charge in [0.05, 0.1) is 23.9 Å². The van der Waals surface area contributed by atoms with E-state index in [1.165, 1.54) is 0 Å². The Morgan fingerprint density at radius 1 is 1.03 bits per heavy atom. The number of nitrogens with one attached hydrogen (secondary N) is 2. The van der Waals surface area contributed by atoms with Crippen molar-refractivity contribution in [3.63, 3.8) is 0 Å². The van der Waals surface area contributed by atoms with E-state index < -0.39 is 5.97 Å². The van der Waals surface area contributed by atoms with E-state index in [9.17, 15) is 14.7 Å². The van der Waals surface area contributed by atoms with Crippen LogP contribution >= 0.6 is 0 Å². The Morgan fingerprint density at radius 3 is 2.21 bits per heavy atom. The van der Waals surface area contributed by atoms with Crippen molar-refractivity contribution in [3.05, 3.63) is 48.0 Å². The lowest BCUT2D eigenvalue weighted by molar-refractivity contribution is -0.138. The van der Waals surface area contributed by atoms with E-state index >= 15 is 0 Å². The summed E-state index contributed by atoms with van der Waals surface area (Å²) >= 11 is 0. The Balaban J connectivity index is 1.84. The number of aliphatic carboxylic acids is 1. The molecule has 3 N–H and O–H groups in total. The van der Waals surface area contributed by atoms with Gasteiger partial charge in [0.25, 0.3) is 0 Å². The van der Waals surface area contributed by atoms with E-state index in [1.807, 2.05) is 37.3 Å². The Hall–Kier alpha value is -3.22. The first-order chi connectivity index (χ1) is 16.2. The largest absolute Gasteiger partial charge is 0.494 e. The van der Waals surface area contributed by atoms with Gasteiger partial charge in [-0.1, -0.05) is 33.8 Å². The van der Waals surface area contributed by atoms with E-state index in [2.05, 4.69) is 43.2 Å². The van der Waals surface area contributed by atoms with Crippen LogP contribution < -0.4 is 20.3 Å². The molecule has 0 aromatic heterocycles. The second-order valence-electron chi connectivity index (χ2n) is 9.79. The van der Waals surface area contributed by atoms with Crippen LogP contribution in [0.15, 0.2) is 42.5 Å². The molecule has 0 radical (unpaired) electrons. The lowest BCUT2D eigenvalue weighted by Gasteiger charge is -2.30. The van der Waals surface area contributed by atoms with Gasteiger partial charge < -0.3 is 25.4 Å². The summed E-state index contributed by atoms with van der Waals surface area (Å²) in [4.78, 5) is 26.6. The standard InChI is InChI=1S/C27H37N3O4/c1-6-34-21-10-8-20(9-11-21)28-27(33)29-24-13-19(22-14-23(22)26(31)32)7-12-25(24)30(15-17(2)3)16-18(4)5/h7-13,17-18,22-23H,6,14-16H2,1-5H3,(H,31,32)(H2,28,29,33)/t22-,23-/m0/s1. The number of benzene rings is 2. The molecule has 0 bridgehead atoms. The quantitative estimate of drug-likeness (QED) is 0.375. The monoisotopic (exact) mass is 467 g/mol. The van der Waals surface area contributed by atoms with Crippen LogP contribution in [0.1, 0.15) is 52.5 Å². The maximum atomic E-state index is 12.9. The fourth-order valence-corrected chi connectivity index (χ4v) is 4.24. The Morgan fingerprint density at radius 2 is 1.68 bits per heavy atom. The predicted octanol–water partition coefficient (Wildman–Crippen LogP) is 6.04. The number of urea groups is 1. The molecule has 1 saturated carbocycles. The van der Waals surface area contributed by atoms with Gasteiger partial charge in [-0.2, -0.15) is 0 Å². The van der Waals surface area contributed by atoms with Gasteiger partial charge in [0.1, 0.15) is 5.75 Å². The molecule has 7 nitrogen and oxygen atoms in total. The molecular formula is C27H37N3O4. The molecule has 3 rings (SSSR count). The molecule has 2 aromatic rings. The number of anilines is 3. The molecular weight excluding hydrogens is 430 g/mol. The highest BCUT2D eigenvalue weighted by molar-refractivity contribution is 6.02. The number of amides is 2. The topological polar surface area (TPSA) is 90.9 Å². The van der Waals surface area contributed by atoms with Crippen molar-refractivity contribution in [3.8, 4) is 5.75 Å². The third kappa shape index (κ3) is 6.89. The zero-order chi connectivity index (χ0) is 24.8. The molecule has 7 heteroatoms. The van der Waals surface area contributed by atoms with Crippen LogP contribution in [-0.4, -0.2) is 36.8 Å². The van der Waals surface area contributed by atoms with E-state index in [-0.39, 0.29) is 17.9 Å². The van der Waals surface area contributed by atoms with Crippen molar-refractivity contribution in [1.29, 1.82) is 0 Å². The van der Waals surface area contributed by atoms with Crippen molar-refractivity contribution < 1.29 is 19.4 Å². The highest BCUT2D eigenvalue weighted by Gasteiger charge is 2.44. The van der Waals surface area contributed by atoms with Crippen LogP contribution in [0.25, 0.3) is 0 Å². The Labute approximate surface area is 202 Å². The van der Waals surface area contributed by atoms with Crippen LogP contribution in [0.2, 0.25) is 0 Å². The maximum Gasteiger partial charge on any atom is 0.323 e. The Kier molecular flexibility index (Phi) is 8.42. The first-order valence-electron chi connectivity index (χ1n) is 12.1. The second-order valence-corrected chi connectivity index (χ2v) is 9.79. The minimum atomic E-state index is -0.766. The fourth-order valence-electron chi connectivity index (χ4n) is 4.24. The van der Waals surface area contributed by atoms with Crippen molar-refractivity contribution in [1.82, 2.24) is 0 Å². The van der Waals surface area contributed by atoms with Gasteiger partial charge in [0.15, 0.2) is 0 Å². The molecule has 0 spiro atoms. The summed E-state index contributed by atoms with van der Waals surface area (Å²) in [6, 6.07) is 12.8. The van der Waals surface area contributed by atoms with Gasteiger partial charge in [0, 0.05) is 18.8 Å². The highest BCUT2D eigenvalue weighted by atomic mass is 16.5. The number of carbonyl (C=O) groups is 2. The molecule has 0 unspecified atom stereocenters. The smallest absolute Gasteiger partial charge is 0.323 e. The van der Waals surface area contributed by atoms with Crippen LogP contribution in [0.5, 0.6) is 5.75 Å². The Bertz CT molecular complexity index is 978. The number of carboxylic acid groups (broad SMARTS) is 1. The lowest BCUT2D eigenvalue weighted by atomic mass is 10.0. The molecule has 34 heavy (non-hydrogen) atoms. The van der Waals surface area contributed by atoms with Gasteiger partial charge in [-0.05, 0) is 73.1 Å². The summed E-state index contributed by atoms with van der Waals surface area (Å²) < 4.78 is 5.46. The number of rotatable bonds is 11. The number of carboxylic acids is 1. The molecule has 1 aliphatic rings. The van der Waals surface area contributed by atoms with Crippen LogP contribution in [0, 0.1) is 17.8 Å². The van der Waals surface area contributed by atoms with Crippen molar-refractivity contribution in [2.24, 2.45) is 17.8 Å². The molecule has 0 saturated heterocycles. The van der Waals surface area contributed by atoms with Gasteiger partial charge in [-0.3, -0.25) is 4.79 Å². The first-order valence-corrected chi connectivity index (χ1v) is 12.1. The van der Waals surface area contributed by atoms with E-state index in [4.69, 9.17) is 4.74 Å². The number of hydrogen-bond donors (Lipinski definition) is 3. The van der Waals surface area contributed by atoms with Gasteiger partial charge in [-0.25, -0.2) is 4.79 Å². The van der Waals surface area contributed by atoms with Crippen LogP contribution in [0.3, 0.4) is 0 Å². The average Bonchev–Trinajstić information content (AvgIpc) is 3.55. The molecule has 0 aliphatic heterocycles. The van der Waals surface area contributed by atoms with Gasteiger partial charge >= 0.3 is 12.0 Å². The van der Waals surface area contributed by atoms with Crippen molar-refractivity contribution in [2.75, 3.05) is 35.2 Å². The third-order valence-electron chi connectivity index (χ3n) is 5.74. The summed E-state index contributed by atoms with van der Waals surface area (Å²) in [5.41, 5.74) is 3.24. The second kappa shape index (κ2) is 11.3. The minimum absolute atomic E-state index is 0.00933. The molecule has 2 amide bonds. The molecule has 2 aromatic carbocycles. The summed E-state index contributed by atoms with van der Waals surface area (Å²) in [6.07, 6.45) is 0.633. The van der Waals surface area contributed by atoms with E-state index in [0.29, 0.717) is 36.2 Å². The number of ether oxygens (including phenoxy) is 1. The third-order valence-corrected chi connectivity index (χ3v) is 5.74. The molecule has 0 heterocycles. The SMILES string of the molecule is CCOc1ccc(NC(=O)Nc2cc([C@@H]3C[C@@H]3C(=O)O)ccc2N(CC(C)C)CC(C)C)cc1. The minimum Gasteiger partial charge on any atom is -0.494 e. The van der Waals surface area contributed by atoms with Crippen molar-refractivity contribution >= 4 is 29.1 Å². The van der Waals surface area contributed by atoms with Gasteiger partial charge in [0.2, 0.25) is 0 Å². The van der Waals surface area contributed by atoms with Gasteiger partial charge in [-0.15, -0.1) is 0 Å². The average molecular weight is 468 g/mol. The fraction of sp³-hybridized carbons (Fsp3) is 0.481. The van der Waals surface area contributed by atoms with E-state index in [0.717, 1.165) is 30.1 Å². The predicted molar refractivity (Wildman–Crippen MR) is 137 cm³/mol. The number of nitrogens with zero attached hydrogens (tertiary/aromatic N) is 1. The highest BCUT2D eigenvalue weighted by Crippen LogP contribution is 2.49. The van der Waals surface area contributed by atoms with Crippen LogP contribution in [0.4, 0.5) is 21.9 Å². The maximum absolute atomic E-state index is 12.9. The number of carbonyl (C=O) groups excluding carboxylic acids is 1. The molecule has 1 fully saturated rings. The lowest BCUT2D eigenvalue weighted by Crippen LogP contribution is -2.32. The molecule has 1 aliphatic carbocycles. The number of hydrogen-bond acceptors (Lipinski definition) is 4. The van der Waals surface area contributed by atoms with E-state index in [1.54, 1.807) is 12.1 Å². The van der Waals surface area contributed by atoms with Crippen molar-refractivity contribution in [2.45, 2.75) is 47.0 Å². The zero-order valence-corrected chi connectivity index (χ0v) is 20.8. The summed E-state index contributed by atoms with van der Waals surface area (Å²) in [5.74, 6) is 0.522. The first kappa shape index (κ1) is 25.4. The van der Waals surface area contributed by atoms with Crippen LogP contribution in [-0.2, 0) is 4.79 Å². The molecule has 184 valence electrons. The summed E-state index contributed by atoms with van der Waals surface area (Å²) in [5, 5.41) is 15.3. The zero-order valence-electron chi connectivity index (χ0n) is 20.8. The normalized spacial score (nSPS) is 16.9.